The van der Waals surface area contributed by atoms with Gasteiger partial charge in [0.2, 0.25) is 0 Å². The number of carbonyl (C=O) groups excluding carboxylic acids is 1. The van der Waals surface area contributed by atoms with Gasteiger partial charge in [-0.25, -0.2) is 14.0 Å². The Labute approximate surface area is 116 Å². The molecule has 1 aromatic carbocycles. The van der Waals surface area contributed by atoms with Gasteiger partial charge >= 0.3 is 12.1 Å². The van der Waals surface area contributed by atoms with Crippen LogP contribution in [-0.4, -0.2) is 29.8 Å². The largest absolute Gasteiger partial charge is 0.480 e. The van der Waals surface area contributed by atoms with Gasteiger partial charge in [0.05, 0.1) is 0 Å². The summed E-state index contributed by atoms with van der Waals surface area (Å²) in [6.45, 7) is 3.39. The maximum atomic E-state index is 12.7. The lowest BCUT2D eigenvalue weighted by Crippen LogP contribution is -2.41. The molecule has 108 valence electrons. The number of aryl methyl sites for hydroxylation is 1. The average molecular weight is 281 g/mol. The number of hydrogen-bond acceptors (Lipinski definition) is 3. The summed E-state index contributed by atoms with van der Waals surface area (Å²) < 4.78 is 17.4. The number of hydrogen-bond donors (Lipinski definition) is 2. The summed E-state index contributed by atoms with van der Waals surface area (Å²) in [5.74, 6) is -1.50. The number of carboxylic acids is 1. The number of halogens is 1. The van der Waals surface area contributed by atoms with Gasteiger partial charge in [-0.15, -0.1) is 0 Å². The Balaban J connectivity index is 2.50. The Morgan fingerprint density at radius 3 is 2.60 bits per heavy atom. The molecule has 0 saturated heterocycles. The van der Waals surface area contributed by atoms with Gasteiger partial charge in [0.15, 0.2) is 0 Å². The van der Waals surface area contributed by atoms with Crippen molar-refractivity contribution in [2.45, 2.75) is 18.9 Å². The molecule has 0 aromatic heterocycles. The topological polar surface area (TPSA) is 75.6 Å². The zero-order valence-electron chi connectivity index (χ0n) is 10.8. The normalized spacial score (nSPS) is 11.4. The van der Waals surface area contributed by atoms with Crippen LogP contribution in [0.2, 0.25) is 0 Å². The molecule has 2 N–H and O–H groups in total. The molecule has 6 heteroatoms. The minimum atomic E-state index is -1.15. The van der Waals surface area contributed by atoms with Gasteiger partial charge < -0.3 is 15.2 Å². The van der Waals surface area contributed by atoms with Gasteiger partial charge in [0, 0.05) is 0 Å². The lowest BCUT2D eigenvalue weighted by atomic mass is 10.1. The van der Waals surface area contributed by atoms with Crippen LogP contribution in [0.5, 0.6) is 0 Å². The van der Waals surface area contributed by atoms with Crippen LogP contribution < -0.4 is 5.32 Å². The zero-order chi connectivity index (χ0) is 15.0. The van der Waals surface area contributed by atoms with Crippen LogP contribution in [0.15, 0.2) is 36.9 Å². The van der Waals surface area contributed by atoms with E-state index in [-0.39, 0.29) is 18.8 Å². The molecule has 1 rings (SSSR count). The van der Waals surface area contributed by atoms with Crippen LogP contribution >= 0.6 is 0 Å². The highest BCUT2D eigenvalue weighted by Crippen LogP contribution is 2.07. The maximum absolute atomic E-state index is 12.7. The van der Waals surface area contributed by atoms with Crippen LogP contribution in [0.1, 0.15) is 12.0 Å². The summed E-state index contributed by atoms with van der Waals surface area (Å²) in [4.78, 5) is 22.3. The molecular weight excluding hydrogens is 265 g/mol. The fourth-order valence-electron chi connectivity index (χ4n) is 1.54. The molecule has 0 spiro atoms. The molecular formula is C14H16FNO4. The zero-order valence-corrected chi connectivity index (χ0v) is 10.8. The van der Waals surface area contributed by atoms with E-state index in [0.717, 1.165) is 5.56 Å². The second-order valence-electron chi connectivity index (χ2n) is 4.09. The molecule has 0 saturated carbocycles. The minimum absolute atomic E-state index is 0.0101. The standard InChI is InChI=1S/C14H16FNO4/c1-2-9-20-14(19)16-12(13(17)18)8-5-10-3-6-11(15)7-4-10/h2-4,6-7,12H,1,5,8-9H2,(H,16,19)(H,17,18). The third-order valence-corrected chi connectivity index (χ3v) is 2.56. The number of nitrogens with one attached hydrogen (secondary N) is 1. The molecule has 20 heavy (non-hydrogen) atoms. The van der Waals surface area contributed by atoms with Crippen molar-refractivity contribution in [2.24, 2.45) is 0 Å². The van der Waals surface area contributed by atoms with E-state index < -0.39 is 18.1 Å². The predicted octanol–water partition coefficient (Wildman–Crippen LogP) is 2.12. The average Bonchev–Trinajstić information content (AvgIpc) is 2.42. The number of rotatable bonds is 7. The van der Waals surface area contributed by atoms with E-state index >= 15 is 0 Å². The number of alkyl carbamates (subject to hydrolysis) is 1. The summed E-state index contributed by atoms with van der Waals surface area (Å²) in [7, 11) is 0. The lowest BCUT2D eigenvalue weighted by molar-refractivity contribution is -0.139. The highest BCUT2D eigenvalue weighted by Gasteiger charge is 2.20. The number of aliphatic carboxylic acids is 1. The van der Waals surface area contributed by atoms with Crippen molar-refractivity contribution in [1.82, 2.24) is 5.32 Å². The minimum Gasteiger partial charge on any atom is -0.480 e. The van der Waals surface area contributed by atoms with E-state index in [2.05, 4.69) is 16.6 Å². The molecule has 0 aliphatic carbocycles. The number of carbonyl (C=O) groups is 2. The molecule has 0 radical (unpaired) electrons. The lowest BCUT2D eigenvalue weighted by Gasteiger charge is -2.14. The molecule has 1 atom stereocenters. The van der Waals surface area contributed by atoms with Crippen LogP contribution in [-0.2, 0) is 16.0 Å². The highest BCUT2D eigenvalue weighted by molar-refractivity contribution is 5.79. The molecule has 0 aliphatic rings. The quantitative estimate of drug-likeness (QED) is 0.751. The summed E-state index contributed by atoms with van der Waals surface area (Å²) in [6.07, 6.45) is 1.16. The maximum Gasteiger partial charge on any atom is 0.408 e. The Kier molecular flexibility index (Phi) is 6.22. The summed E-state index contributed by atoms with van der Waals surface area (Å²) in [6, 6.07) is 4.69. The van der Waals surface area contributed by atoms with Crippen molar-refractivity contribution in [3.63, 3.8) is 0 Å². The van der Waals surface area contributed by atoms with Gasteiger partial charge in [-0.1, -0.05) is 24.8 Å². The van der Waals surface area contributed by atoms with Gasteiger partial charge in [0.25, 0.3) is 0 Å². The molecule has 1 amide bonds. The van der Waals surface area contributed by atoms with Crippen molar-refractivity contribution in [2.75, 3.05) is 6.61 Å². The molecule has 1 aromatic rings. The van der Waals surface area contributed by atoms with E-state index in [1.807, 2.05) is 0 Å². The molecule has 0 aliphatic heterocycles. The summed E-state index contributed by atoms with van der Waals surface area (Å²) >= 11 is 0. The van der Waals surface area contributed by atoms with E-state index in [4.69, 9.17) is 5.11 Å². The highest BCUT2D eigenvalue weighted by atomic mass is 19.1. The first-order valence-electron chi connectivity index (χ1n) is 6.04. The van der Waals surface area contributed by atoms with E-state index in [0.29, 0.717) is 6.42 Å². The summed E-state index contributed by atoms with van der Waals surface area (Å²) in [5, 5.41) is 11.3. The van der Waals surface area contributed by atoms with E-state index in [1.165, 1.54) is 18.2 Å². The van der Waals surface area contributed by atoms with Crippen LogP contribution in [0.4, 0.5) is 9.18 Å². The number of benzene rings is 1. The second kappa shape index (κ2) is 7.93. The van der Waals surface area contributed by atoms with Crippen molar-refractivity contribution < 1.29 is 23.8 Å². The monoisotopic (exact) mass is 281 g/mol. The third kappa shape index (κ3) is 5.51. The predicted molar refractivity (Wildman–Crippen MR) is 70.8 cm³/mol. The number of amides is 1. The first-order chi connectivity index (χ1) is 9.52. The first-order valence-corrected chi connectivity index (χ1v) is 6.04. The molecule has 5 nitrogen and oxygen atoms in total. The SMILES string of the molecule is C=CCOC(=O)NC(CCc1ccc(F)cc1)C(=O)O. The van der Waals surface area contributed by atoms with Crippen molar-refractivity contribution in [1.29, 1.82) is 0 Å². The number of ether oxygens (including phenoxy) is 1. The molecule has 0 fully saturated rings. The van der Waals surface area contributed by atoms with Gasteiger partial charge in [-0.3, -0.25) is 0 Å². The Morgan fingerprint density at radius 1 is 1.40 bits per heavy atom. The third-order valence-electron chi connectivity index (χ3n) is 2.56. The van der Waals surface area contributed by atoms with Gasteiger partial charge in [0.1, 0.15) is 18.5 Å². The van der Waals surface area contributed by atoms with Crippen molar-refractivity contribution in [3.05, 3.63) is 48.3 Å². The Morgan fingerprint density at radius 2 is 2.05 bits per heavy atom. The second-order valence-corrected chi connectivity index (χ2v) is 4.09. The van der Waals surface area contributed by atoms with E-state index in [1.54, 1.807) is 12.1 Å². The van der Waals surface area contributed by atoms with Crippen LogP contribution in [0, 0.1) is 5.82 Å². The fraction of sp³-hybridized carbons (Fsp3) is 0.286. The van der Waals surface area contributed by atoms with Gasteiger partial charge in [-0.05, 0) is 30.5 Å². The first kappa shape index (κ1) is 15.7. The Hall–Kier alpha value is -2.37. The molecule has 1 unspecified atom stereocenters. The van der Waals surface area contributed by atoms with E-state index in [9.17, 15) is 14.0 Å². The van der Waals surface area contributed by atoms with Crippen LogP contribution in [0.3, 0.4) is 0 Å². The molecule has 0 bridgehead atoms. The van der Waals surface area contributed by atoms with Gasteiger partial charge in [-0.2, -0.15) is 0 Å². The smallest absolute Gasteiger partial charge is 0.408 e. The molecule has 0 heterocycles. The fourth-order valence-corrected chi connectivity index (χ4v) is 1.54. The van der Waals surface area contributed by atoms with Crippen LogP contribution in [0.25, 0.3) is 0 Å². The Bertz CT molecular complexity index is 473. The van der Waals surface area contributed by atoms with Crippen molar-refractivity contribution >= 4 is 12.1 Å². The van der Waals surface area contributed by atoms with Crippen molar-refractivity contribution in [3.8, 4) is 0 Å². The summed E-state index contributed by atoms with van der Waals surface area (Å²) in [5.41, 5.74) is 0.791. The number of carboxylic acid groups (broad SMARTS) is 1.